The average Bonchev–Trinajstić information content (AvgIpc) is 3.13. The van der Waals surface area contributed by atoms with Gasteiger partial charge in [0.15, 0.2) is 0 Å². The molecule has 0 unspecified atom stereocenters. The summed E-state index contributed by atoms with van der Waals surface area (Å²) in [4.78, 5) is 22.7. The highest BCUT2D eigenvalue weighted by molar-refractivity contribution is 5.81. The molecule has 0 aliphatic carbocycles. The van der Waals surface area contributed by atoms with Gasteiger partial charge < -0.3 is 15.2 Å². The van der Waals surface area contributed by atoms with Crippen LogP contribution in [0.1, 0.15) is 5.69 Å². The zero-order valence-corrected chi connectivity index (χ0v) is 15.1. The predicted octanol–water partition coefficient (Wildman–Crippen LogP) is 2.51. The van der Waals surface area contributed by atoms with Gasteiger partial charge in [0, 0.05) is 49.6 Å². The Morgan fingerprint density at radius 3 is 2.75 bits per heavy atom. The molecule has 1 aromatic carbocycles. The second kappa shape index (κ2) is 7.38. The Bertz CT molecular complexity index is 1000. The lowest BCUT2D eigenvalue weighted by atomic mass is 9.99. The van der Waals surface area contributed by atoms with E-state index in [1.54, 1.807) is 29.6 Å². The third-order valence-corrected chi connectivity index (χ3v) is 4.87. The molecule has 1 aliphatic rings. The van der Waals surface area contributed by atoms with E-state index >= 15 is 0 Å². The first-order valence-corrected chi connectivity index (χ1v) is 8.94. The standard InChI is InChI=1S/C20H19F2N5O/c21-14-1-2-15(16(22)7-14)18-4-3-17(23)19(25-18)8-20(28)27-10-13(11-27)9-26-6-5-24-12-26/h1-7,12-13H,8-11,23H2. The van der Waals surface area contributed by atoms with Crippen LogP contribution < -0.4 is 5.73 Å². The van der Waals surface area contributed by atoms with Crippen molar-refractivity contribution in [3.8, 4) is 11.3 Å². The van der Waals surface area contributed by atoms with Gasteiger partial charge in [-0.25, -0.2) is 13.8 Å². The van der Waals surface area contributed by atoms with Crippen molar-refractivity contribution in [3.63, 3.8) is 0 Å². The van der Waals surface area contributed by atoms with Gasteiger partial charge in [-0.15, -0.1) is 0 Å². The molecule has 3 heterocycles. The first kappa shape index (κ1) is 18.1. The van der Waals surface area contributed by atoms with Gasteiger partial charge in [0.2, 0.25) is 5.91 Å². The number of halogens is 2. The lowest BCUT2D eigenvalue weighted by molar-refractivity contribution is -0.137. The minimum Gasteiger partial charge on any atom is -0.397 e. The van der Waals surface area contributed by atoms with Crippen LogP contribution in [0.15, 0.2) is 49.1 Å². The molecule has 0 radical (unpaired) electrons. The number of aromatic nitrogens is 3. The summed E-state index contributed by atoms with van der Waals surface area (Å²) in [5.41, 5.74) is 7.20. The molecule has 8 heteroatoms. The van der Waals surface area contributed by atoms with Crippen LogP contribution in [0.3, 0.4) is 0 Å². The Morgan fingerprint density at radius 2 is 2.04 bits per heavy atom. The topological polar surface area (TPSA) is 77.0 Å². The fraction of sp³-hybridized carbons (Fsp3) is 0.250. The molecular formula is C20H19F2N5O. The summed E-state index contributed by atoms with van der Waals surface area (Å²) in [5.74, 6) is -1.05. The smallest absolute Gasteiger partial charge is 0.228 e. The van der Waals surface area contributed by atoms with Crippen LogP contribution in [0.2, 0.25) is 0 Å². The quantitative estimate of drug-likeness (QED) is 0.734. The largest absolute Gasteiger partial charge is 0.397 e. The SMILES string of the molecule is Nc1ccc(-c2ccc(F)cc2F)nc1CC(=O)N1CC(Cn2ccnc2)C1. The number of likely N-dealkylation sites (tertiary alicyclic amines) is 1. The number of nitrogen functional groups attached to an aromatic ring is 1. The Morgan fingerprint density at radius 1 is 1.21 bits per heavy atom. The van der Waals surface area contributed by atoms with Crippen LogP contribution in [-0.4, -0.2) is 38.4 Å². The highest BCUT2D eigenvalue weighted by Crippen LogP contribution is 2.25. The number of rotatable bonds is 5. The Kier molecular flexibility index (Phi) is 4.77. The van der Waals surface area contributed by atoms with Gasteiger partial charge in [0.1, 0.15) is 11.6 Å². The van der Waals surface area contributed by atoms with Gasteiger partial charge in [0.05, 0.1) is 29.8 Å². The molecule has 1 amide bonds. The summed E-state index contributed by atoms with van der Waals surface area (Å²) >= 11 is 0. The zero-order valence-electron chi connectivity index (χ0n) is 15.1. The third-order valence-electron chi connectivity index (χ3n) is 4.87. The number of benzene rings is 1. The van der Waals surface area contributed by atoms with E-state index in [1.165, 1.54) is 12.1 Å². The summed E-state index contributed by atoms with van der Waals surface area (Å²) in [6, 6.07) is 6.45. The van der Waals surface area contributed by atoms with E-state index in [0.717, 1.165) is 12.6 Å². The molecule has 28 heavy (non-hydrogen) atoms. The maximum atomic E-state index is 14.0. The number of nitrogens with two attached hydrogens (primary N) is 1. The fourth-order valence-electron chi connectivity index (χ4n) is 3.34. The van der Waals surface area contributed by atoms with Crippen LogP contribution in [0.4, 0.5) is 14.5 Å². The summed E-state index contributed by atoms with van der Waals surface area (Å²) in [6.07, 6.45) is 5.43. The van der Waals surface area contributed by atoms with Crippen molar-refractivity contribution in [2.24, 2.45) is 5.92 Å². The number of hydrogen-bond acceptors (Lipinski definition) is 4. The predicted molar refractivity (Wildman–Crippen MR) is 100 cm³/mol. The number of hydrogen-bond donors (Lipinski definition) is 1. The normalized spacial score (nSPS) is 14.1. The first-order chi connectivity index (χ1) is 13.5. The molecule has 1 aliphatic heterocycles. The molecule has 1 fully saturated rings. The van der Waals surface area contributed by atoms with Crippen molar-refractivity contribution in [1.82, 2.24) is 19.4 Å². The number of pyridine rings is 1. The molecule has 2 aromatic heterocycles. The van der Waals surface area contributed by atoms with E-state index in [2.05, 4.69) is 9.97 Å². The Hall–Kier alpha value is -3.29. The molecule has 0 saturated carbocycles. The zero-order chi connectivity index (χ0) is 19.7. The number of anilines is 1. The molecule has 4 rings (SSSR count). The molecule has 144 valence electrons. The van der Waals surface area contributed by atoms with Gasteiger partial charge in [-0.3, -0.25) is 9.78 Å². The van der Waals surface area contributed by atoms with E-state index in [0.29, 0.717) is 36.1 Å². The Balaban J connectivity index is 1.42. The van der Waals surface area contributed by atoms with Gasteiger partial charge in [-0.1, -0.05) is 0 Å². The molecule has 0 bridgehead atoms. The van der Waals surface area contributed by atoms with Crippen LogP contribution in [-0.2, 0) is 17.8 Å². The van der Waals surface area contributed by atoms with Crippen LogP contribution in [0.5, 0.6) is 0 Å². The highest BCUT2D eigenvalue weighted by Gasteiger charge is 2.31. The van der Waals surface area contributed by atoms with Gasteiger partial charge in [-0.2, -0.15) is 0 Å². The summed E-state index contributed by atoms with van der Waals surface area (Å²) in [5, 5.41) is 0. The fourth-order valence-corrected chi connectivity index (χ4v) is 3.34. The lowest BCUT2D eigenvalue weighted by Gasteiger charge is -2.39. The molecule has 6 nitrogen and oxygen atoms in total. The summed E-state index contributed by atoms with van der Waals surface area (Å²) in [7, 11) is 0. The van der Waals surface area contributed by atoms with Crippen molar-refractivity contribution in [2.45, 2.75) is 13.0 Å². The van der Waals surface area contributed by atoms with Crippen molar-refractivity contribution >= 4 is 11.6 Å². The molecule has 0 atom stereocenters. The van der Waals surface area contributed by atoms with E-state index in [4.69, 9.17) is 5.73 Å². The molecular weight excluding hydrogens is 364 g/mol. The van der Waals surface area contributed by atoms with Gasteiger partial charge >= 0.3 is 0 Å². The van der Waals surface area contributed by atoms with Crippen molar-refractivity contribution in [2.75, 3.05) is 18.8 Å². The summed E-state index contributed by atoms with van der Waals surface area (Å²) in [6.45, 7) is 2.16. The van der Waals surface area contributed by atoms with E-state index in [1.807, 2.05) is 10.8 Å². The number of amides is 1. The number of carbonyl (C=O) groups excluding carboxylic acids is 1. The lowest BCUT2D eigenvalue weighted by Crippen LogP contribution is -2.51. The van der Waals surface area contributed by atoms with Crippen molar-refractivity contribution < 1.29 is 13.6 Å². The molecule has 0 spiro atoms. The maximum absolute atomic E-state index is 14.0. The molecule has 1 saturated heterocycles. The minimum atomic E-state index is -0.709. The third kappa shape index (κ3) is 3.71. The van der Waals surface area contributed by atoms with Crippen LogP contribution in [0.25, 0.3) is 11.3 Å². The van der Waals surface area contributed by atoms with E-state index in [-0.39, 0.29) is 17.9 Å². The highest BCUT2D eigenvalue weighted by atomic mass is 19.1. The maximum Gasteiger partial charge on any atom is 0.228 e. The summed E-state index contributed by atoms with van der Waals surface area (Å²) < 4.78 is 29.1. The number of nitrogens with zero attached hydrogens (tertiary/aromatic N) is 4. The minimum absolute atomic E-state index is 0.0419. The second-order valence-electron chi connectivity index (χ2n) is 6.96. The number of carbonyl (C=O) groups is 1. The van der Waals surface area contributed by atoms with Gasteiger partial charge in [-0.05, 0) is 24.3 Å². The molecule has 3 aromatic rings. The Labute approximate surface area is 160 Å². The van der Waals surface area contributed by atoms with Crippen molar-refractivity contribution in [1.29, 1.82) is 0 Å². The van der Waals surface area contributed by atoms with Gasteiger partial charge in [0.25, 0.3) is 0 Å². The first-order valence-electron chi connectivity index (χ1n) is 8.94. The number of imidazole rings is 1. The van der Waals surface area contributed by atoms with E-state index < -0.39 is 11.6 Å². The van der Waals surface area contributed by atoms with E-state index in [9.17, 15) is 13.6 Å². The van der Waals surface area contributed by atoms with Crippen LogP contribution >= 0.6 is 0 Å². The second-order valence-corrected chi connectivity index (χ2v) is 6.96. The average molecular weight is 383 g/mol. The monoisotopic (exact) mass is 383 g/mol. The van der Waals surface area contributed by atoms with Crippen molar-refractivity contribution in [3.05, 3.63) is 66.4 Å². The molecule has 2 N–H and O–H groups in total. The van der Waals surface area contributed by atoms with Crippen LogP contribution in [0, 0.1) is 17.6 Å².